The number of hydrogen-bond donors (Lipinski definition) is 1. The number of nitrogens with zero attached hydrogens (tertiary/aromatic N) is 3. The van der Waals surface area contributed by atoms with Gasteiger partial charge in [0.2, 0.25) is 16.9 Å². The average molecular weight is 455 g/mol. The summed E-state index contributed by atoms with van der Waals surface area (Å²) >= 11 is 0. The van der Waals surface area contributed by atoms with Crippen molar-refractivity contribution in [3.05, 3.63) is 17.9 Å². The van der Waals surface area contributed by atoms with E-state index in [0.29, 0.717) is 19.5 Å². The first kappa shape index (κ1) is 23.3. The van der Waals surface area contributed by atoms with Gasteiger partial charge < -0.3 is 20.0 Å². The van der Waals surface area contributed by atoms with Crippen LogP contribution in [0.3, 0.4) is 0 Å². The molecule has 2 N–H and O–H groups in total. The molecule has 2 aliphatic heterocycles. The van der Waals surface area contributed by atoms with Crippen LogP contribution in [0.5, 0.6) is 0 Å². The topological polar surface area (TPSA) is 134 Å². The molecule has 2 fully saturated rings. The van der Waals surface area contributed by atoms with E-state index in [1.807, 2.05) is 20.8 Å². The highest BCUT2D eigenvalue weighted by molar-refractivity contribution is 7.89. The molecular formula is C20H30N4O6S. The van der Waals surface area contributed by atoms with Gasteiger partial charge in [-0.25, -0.2) is 8.42 Å². The molecule has 1 aromatic rings. The molecule has 1 unspecified atom stereocenters. The van der Waals surface area contributed by atoms with Gasteiger partial charge in [0.25, 0.3) is 15.9 Å². The first-order valence-corrected chi connectivity index (χ1v) is 11.8. The molecule has 2 saturated heterocycles. The molecule has 3 heterocycles. The summed E-state index contributed by atoms with van der Waals surface area (Å²) in [6, 6.07) is 2.43. The number of piperazine rings is 1. The van der Waals surface area contributed by atoms with E-state index >= 15 is 0 Å². The highest BCUT2D eigenvalue weighted by Crippen LogP contribution is 2.26. The third-order valence-corrected chi connectivity index (χ3v) is 7.44. The van der Waals surface area contributed by atoms with Crippen LogP contribution in [0.4, 0.5) is 0 Å². The predicted molar refractivity (Wildman–Crippen MR) is 111 cm³/mol. The van der Waals surface area contributed by atoms with Crippen molar-refractivity contribution in [1.82, 2.24) is 14.1 Å². The molecule has 0 aliphatic carbocycles. The number of carbonyl (C=O) groups is 3. The highest BCUT2D eigenvalue weighted by Gasteiger charge is 2.37. The molecule has 11 heteroatoms. The number of nitrogens with two attached hydrogens (primary N) is 1. The maximum atomic E-state index is 13.0. The molecule has 172 valence electrons. The Labute approximate surface area is 182 Å². The third-order valence-electron chi connectivity index (χ3n) is 5.67. The summed E-state index contributed by atoms with van der Waals surface area (Å²) in [6.45, 7) is 7.41. The summed E-state index contributed by atoms with van der Waals surface area (Å²) in [7, 11) is -3.92. The summed E-state index contributed by atoms with van der Waals surface area (Å²) in [4.78, 5) is 40.2. The predicted octanol–water partition coefficient (Wildman–Crippen LogP) is 0.496. The van der Waals surface area contributed by atoms with Crippen molar-refractivity contribution in [2.75, 3.05) is 39.3 Å². The Morgan fingerprint density at radius 1 is 1.03 bits per heavy atom. The zero-order valence-corrected chi connectivity index (χ0v) is 19.0. The van der Waals surface area contributed by atoms with Gasteiger partial charge in [-0.3, -0.25) is 14.4 Å². The van der Waals surface area contributed by atoms with E-state index in [1.165, 1.54) is 16.4 Å². The molecule has 0 saturated carbocycles. The summed E-state index contributed by atoms with van der Waals surface area (Å²) in [5.41, 5.74) is 4.62. The average Bonchev–Trinajstić information content (AvgIpc) is 3.24. The lowest BCUT2D eigenvalue weighted by Crippen LogP contribution is -2.54. The largest absolute Gasteiger partial charge is 0.438 e. The SMILES string of the molecule is CC(C)(C)C(=O)N1CCCC(C(=O)N2CCN(S(=O)(=O)c3ccc(C(N)=O)o3)CC2)C1. The first-order chi connectivity index (χ1) is 14.4. The van der Waals surface area contributed by atoms with Crippen LogP contribution in [0.1, 0.15) is 44.2 Å². The maximum Gasteiger partial charge on any atom is 0.284 e. The molecule has 2 aliphatic rings. The molecule has 0 spiro atoms. The quantitative estimate of drug-likeness (QED) is 0.704. The van der Waals surface area contributed by atoms with Crippen molar-refractivity contribution >= 4 is 27.7 Å². The lowest BCUT2D eigenvalue weighted by Gasteiger charge is -2.39. The molecule has 3 amide bonds. The second-order valence-corrected chi connectivity index (χ2v) is 10.9. The van der Waals surface area contributed by atoms with E-state index in [0.717, 1.165) is 6.42 Å². The number of sulfonamides is 1. The van der Waals surface area contributed by atoms with Crippen LogP contribution in [0.15, 0.2) is 21.6 Å². The fraction of sp³-hybridized carbons (Fsp3) is 0.650. The number of piperidine rings is 1. The standard InChI is InChI=1S/C20H30N4O6S/c1-20(2,3)19(27)23-8-4-5-14(13-23)18(26)22-9-11-24(12-10-22)31(28,29)16-7-6-15(30-16)17(21)25/h6-7,14H,4-5,8-13H2,1-3H3,(H2,21,25). The van der Waals surface area contributed by atoms with Crippen molar-refractivity contribution in [3.8, 4) is 0 Å². The summed E-state index contributed by atoms with van der Waals surface area (Å²) in [5, 5.41) is -0.343. The van der Waals surface area contributed by atoms with Crippen molar-refractivity contribution in [2.24, 2.45) is 17.1 Å². The van der Waals surface area contributed by atoms with Crippen LogP contribution in [0.25, 0.3) is 0 Å². The minimum Gasteiger partial charge on any atom is -0.438 e. The van der Waals surface area contributed by atoms with Gasteiger partial charge in [0.1, 0.15) is 0 Å². The Morgan fingerprint density at radius 3 is 2.23 bits per heavy atom. The van der Waals surface area contributed by atoms with E-state index in [1.54, 1.807) is 9.80 Å². The van der Waals surface area contributed by atoms with Gasteiger partial charge in [-0.15, -0.1) is 0 Å². The fourth-order valence-corrected chi connectivity index (χ4v) is 5.30. The molecular weight excluding hydrogens is 424 g/mol. The maximum absolute atomic E-state index is 13.0. The molecule has 0 radical (unpaired) electrons. The number of likely N-dealkylation sites (tertiary alicyclic amines) is 1. The van der Waals surface area contributed by atoms with Crippen LogP contribution >= 0.6 is 0 Å². The number of furan rings is 1. The number of hydrogen-bond acceptors (Lipinski definition) is 6. The van der Waals surface area contributed by atoms with Crippen molar-refractivity contribution in [3.63, 3.8) is 0 Å². The Hall–Kier alpha value is -2.40. The number of carbonyl (C=O) groups excluding carboxylic acids is 3. The fourth-order valence-electron chi connectivity index (χ4n) is 3.96. The molecule has 10 nitrogen and oxygen atoms in total. The smallest absolute Gasteiger partial charge is 0.284 e. The zero-order valence-electron chi connectivity index (χ0n) is 18.2. The molecule has 31 heavy (non-hydrogen) atoms. The van der Waals surface area contributed by atoms with Crippen molar-refractivity contribution in [1.29, 1.82) is 0 Å². The summed E-state index contributed by atoms with van der Waals surface area (Å²) in [6.07, 6.45) is 1.49. The second kappa shape index (κ2) is 8.62. The Bertz CT molecular complexity index is 957. The van der Waals surface area contributed by atoms with Gasteiger partial charge in [-0.05, 0) is 25.0 Å². The van der Waals surface area contributed by atoms with Gasteiger partial charge in [0, 0.05) is 44.7 Å². The van der Waals surface area contributed by atoms with Gasteiger partial charge >= 0.3 is 0 Å². The van der Waals surface area contributed by atoms with Crippen molar-refractivity contribution in [2.45, 2.75) is 38.7 Å². The minimum absolute atomic E-state index is 0.0368. The summed E-state index contributed by atoms with van der Waals surface area (Å²) in [5.74, 6) is -1.35. The number of primary amides is 1. The Morgan fingerprint density at radius 2 is 1.68 bits per heavy atom. The lowest BCUT2D eigenvalue weighted by atomic mass is 9.90. The lowest BCUT2D eigenvalue weighted by molar-refractivity contribution is -0.145. The first-order valence-electron chi connectivity index (χ1n) is 10.4. The highest BCUT2D eigenvalue weighted by atomic mass is 32.2. The van der Waals surface area contributed by atoms with Crippen LogP contribution in [-0.4, -0.2) is 79.5 Å². The van der Waals surface area contributed by atoms with Crippen LogP contribution in [0.2, 0.25) is 0 Å². The summed E-state index contributed by atoms with van der Waals surface area (Å²) < 4.78 is 31.8. The van der Waals surface area contributed by atoms with Gasteiger partial charge in [-0.2, -0.15) is 4.31 Å². The second-order valence-electron chi connectivity index (χ2n) is 9.05. The number of amides is 3. The van der Waals surface area contributed by atoms with Gasteiger partial charge in [0.05, 0.1) is 5.92 Å². The third kappa shape index (κ3) is 4.93. The van der Waals surface area contributed by atoms with E-state index in [-0.39, 0.29) is 54.8 Å². The Balaban J connectivity index is 1.60. The molecule has 0 aromatic carbocycles. The minimum atomic E-state index is -3.92. The Kier molecular flexibility index (Phi) is 6.47. The number of rotatable bonds is 4. The molecule has 1 atom stereocenters. The molecule has 3 rings (SSSR count). The van der Waals surface area contributed by atoms with Crippen LogP contribution in [-0.2, 0) is 19.6 Å². The normalized spacial score (nSPS) is 21.2. The van der Waals surface area contributed by atoms with E-state index < -0.39 is 21.3 Å². The van der Waals surface area contributed by atoms with E-state index in [9.17, 15) is 22.8 Å². The van der Waals surface area contributed by atoms with Crippen LogP contribution < -0.4 is 5.73 Å². The van der Waals surface area contributed by atoms with Gasteiger partial charge in [0.15, 0.2) is 5.76 Å². The monoisotopic (exact) mass is 454 g/mol. The van der Waals surface area contributed by atoms with E-state index in [4.69, 9.17) is 10.2 Å². The zero-order chi connectivity index (χ0) is 23.0. The molecule has 1 aromatic heterocycles. The van der Waals surface area contributed by atoms with Crippen LogP contribution in [0, 0.1) is 11.3 Å². The van der Waals surface area contributed by atoms with E-state index in [2.05, 4.69) is 0 Å². The molecule has 0 bridgehead atoms. The van der Waals surface area contributed by atoms with Gasteiger partial charge in [-0.1, -0.05) is 20.8 Å². The van der Waals surface area contributed by atoms with Crippen molar-refractivity contribution < 1.29 is 27.2 Å².